The van der Waals surface area contributed by atoms with E-state index in [4.69, 9.17) is 0 Å². The molecule has 0 radical (unpaired) electrons. The van der Waals surface area contributed by atoms with Gasteiger partial charge in [-0.2, -0.15) is 0 Å². The third-order valence-electron chi connectivity index (χ3n) is 2.91. The molecular weight excluding hydrogens is 160 g/mol. The van der Waals surface area contributed by atoms with Crippen LogP contribution in [0.25, 0.3) is 0 Å². The maximum absolute atomic E-state index is 2.39. The van der Waals surface area contributed by atoms with Gasteiger partial charge in [-0.25, -0.2) is 0 Å². The largest absolute Gasteiger partial charge is 0.306 e. The Bertz CT molecular complexity index is 113. The topological polar surface area (TPSA) is 6.48 Å². The fraction of sp³-hybridized carbons (Fsp3) is 1.00. The lowest BCUT2D eigenvalue weighted by Crippen LogP contribution is -2.24. The van der Waals surface area contributed by atoms with Gasteiger partial charge in [0.05, 0.1) is 0 Å². The van der Waals surface area contributed by atoms with Crippen molar-refractivity contribution in [3.05, 3.63) is 0 Å². The number of hydrogen-bond acceptors (Lipinski definition) is 2. The summed E-state index contributed by atoms with van der Waals surface area (Å²) in [7, 11) is 4.37. The zero-order chi connectivity index (χ0) is 9.52. The molecule has 0 saturated carbocycles. The first-order chi connectivity index (χ1) is 6.29. The van der Waals surface area contributed by atoms with Crippen LogP contribution in [0.2, 0.25) is 0 Å². The van der Waals surface area contributed by atoms with E-state index in [9.17, 15) is 0 Å². The van der Waals surface area contributed by atoms with Crippen LogP contribution in [0.15, 0.2) is 0 Å². The second kappa shape index (κ2) is 6.39. The highest BCUT2D eigenvalue weighted by molar-refractivity contribution is 4.59. The first kappa shape index (κ1) is 11.0. The summed E-state index contributed by atoms with van der Waals surface area (Å²) < 4.78 is 0. The molecule has 2 heterocycles. The Morgan fingerprint density at radius 3 is 1.00 bits per heavy atom. The standard InChI is InChI=1S/C6H13N.C5H11N/c1-7-5-3-2-4-6-7;1-6-4-2-3-5-6/h2-6H2,1H3;2-5H2,1H3. The normalized spacial score (nSPS) is 25.4. The Balaban J connectivity index is 0.000000132. The van der Waals surface area contributed by atoms with E-state index in [1.807, 2.05) is 0 Å². The molecule has 2 saturated heterocycles. The van der Waals surface area contributed by atoms with Crippen molar-refractivity contribution in [1.29, 1.82) is 0 Å². The van der Waals surface area contributed by atoms with Crippen LogP contribution in [0, 0.1) is 0 Å². The molecular formula is C11H24N2. The molecule has 2 fully saturated rings. The molecule has 0 atom stereocenters. The summed E-state index contributed by atoms with van der Waals surface area (Å²) in [6.45, 7) is 5.28. The molecule has 2 aliphatic rings. The molecule has 0 amide bonds. The fourth-order valence-electron chi connectivity index (χ4n) is 1.93. The van der Waals surface area contributed by atoms with Crippen LogP contribution in [0.4, 0.5) is 0 Å². The molecule has 0 aliphatic carbocycles. The number of likely N-dealkylation sites (tertiary alicyclic amines) is 2. The lowest BCUT2D eigenvalue weighted by atomic mass is 10.1. The van der Waals surface area contributed by atoms with Crippen LogP contribution in [-0.2, 0) is 0 Å². The summed E-state index contributed by atoms with van der Waals surface area (Å²) in [5.74, 6) is 0. The van der Waals surface area contributed by atoms with Gasteiger partial charge in [-0.15, -0.1) is 0 Å². The van der Waals surface area contributed by atoms with Crippen molar-refractivity contribution < 1.29 is 0 Å². The van der Waals surface area contributed by atoms with Crippen molar-refractivity contribution in [3.8, 4) is 0 Å². The summed E-state index contributed by atoms with van der Waals surface area (Å²) in [5.41, 5.74) is 0. The first-order valence-corrected chi connectivity index (χ1v) is 5.66. The molecule has 0 aromatic rings. The predicted octanol–water partition coefficient (Wildman–Crippen LogP) is 1.81. The Labute approximate surface area is 82.9 Å². The van der Waals surface area contributed by atoms with Gasteiger partial charge in [-0.05, 0) is 66.0 Å². The minimum absolute atomic E-state index is 1.32. The number of rotatable bonds is 0. The van der Waals surface area contributed by atoms with Gasteiger partial charge >= 0.3 is 0 Å². The van der Waals surface area contributed by atoms with Gasteiger partial charge in [0.15, 0.2) is 0 Å². The van der Waals surface area contributed by atoms with Crippen LogP contribution in [0.3, 0.4) is 0 Å². The molecule has 0 aromatic carbocycles. The van der Waals surface area contributed by atoms with Crippen LogP contribution in [-0.4, -0.2) is 50.1 Å². The summed E-state index contributed by atoms with van der Waals surface area (Å²) in [4.78, 5) is 4.75. The van der Waals surface area contributed by atoms with E-state index in [0.29, 0.717) is 0 Å². The van der Waals surface area contributed by atoms with Crippen molar-refractivity contribution in [2.24, 2.45) is 0 Å². The van der Waals surface area contributed by atoms with Gasteiger partial charge in [-0.3, -0.25) is 0 Å². The molecule has 2 nitrogen and oxygen atoms in total. The quantitative estimate of drug-likeness (QED) is 0.566. The second-order valence-electron chi connectivity index (χ2n) is 4.37. The molecule has 0 N–H and O–H groups in total. The minimum atomic E-state index is 1.32. The summed E-state index contributed by atoms with van der Waals surface area (Å²) in [6.07, 6.45) is 7.10. The average molecular weight is 184 g/mol. The Morgan fingerprint density at radius 1 is 0.538 bits per heavy atom. The molecule has 0 unspecified atom stereocenters. The monoisotopic (exact) mass is 184 g/mol. The van der Waals surface area contributed by atoms with E-state index in [0.717, 1.165) is 0 Å². The second-order valence-corrected chi connectivity index (χ2v) is 4.37. The van der Waals surface area contributed by atoms with Gasteiger partial charge in [-0.1, -0.05) is 6.42 Å². The molecule has 13 heavy (non-hydrogen) atoms. The third-order valence-corrected chi connectivity index (χ3v) is 2.91. The van der Waals surface area contributed by atoms with E-state index >= 15 is 0 Å². The molecule has 0 aromatic heterocycles. The van der Waals surface area contributed by atoms with Crippen LogP contribution in [0.1, 0.15) is 32.1 Å². The summed E-state index contributed by atoms with van der Waals surface area (Å²) in [6, 6.07) is 0. The molecule has 2 heteroatoms. The van der Waals surface area contributed by atoms with Gasteiger partial charge in [0.2, 0.25) is 0 Å². The molecule has 2 rings (SSSR count). The zero-order valence-corrected chi connectivity index (χ0v) is 9.26. The highest BCUT2D eigenvalue weighted by atomic mass is 15.1. The van der Waals surface area contributed by atoms with E-state index in [2.05, 4.69) is 23.9 Å². The zero-order valence-electron chi connectivity index (χ0n) is 9.26. The van der Waals surface area contributed by atoms with Crippen molar-refractivity contribution in [2.75, 3.05) is 40.3 Å². The van der Waals surface area contributed by atoms with Crippen molar-refractivity contribution >= 4 is 0 Å². The van der Waals surface area contributed by atoms with E-state index in [1.54, 1.807) is 0 Å². The smallest absolute Gasteiger partial charge is 0.00213 e. The Kier molecular flexibility index (Phi) is 5.40. The van der Waals surface area contributed by atoms with Crippen molar-refractivity contribution in [1.82, 2.24) is 9.80 Å². The molecule has 0 spiro atoms. The van der Waals surface area contributed by atoms with Gasteiger partial charge in [0.25, 0.3) is 0 Å². The highest BCUT2D eigenvalue weighted by Crippen LogP contribution is 2.04. The average Bonchev–Trinajstić information content (AvgIpc) is 2.58. The van der Waals surface area contributed by atoms with Crippen molar-refractivity contribution in [3.63, 3.8) is 0 Å². The molecule has 78 valence electrons. The Morgan fingerprint density at radius 2 is 0.846 bits per heavy atom. The lowest BCUT2D eigenvalue weighted by Gasteiger charge is -2.20. The van der Waals surface area contributed by atoms with Crippen LogP contribution in [0.5, 0.6) is 0 Å². The van der Waals surface area contributed by atoms with E-state index in [-0.39, 0.29) is 0 Å². The first-order valence-electron chi connectivity index (χ1n) is 5.66. The fourth-order valence-corrected chi connectivity index (χ4v) is 1.93. The van der Waals surface area contributed by atoms with Crippen LogP contribution < -0.4 is 0 Å². The SMILES string of the molecule is CN1CCCC1.CN1CCCCC1. The van der Waals surface area contributed by atoms with E-state index in [1.165, 1.54) is 58.3 Å². The van der Waals surface area contributed by atoms with Gasteiger partial charge < -0.3 is 9.80 Å². The predicted molar refractivity (Wildman–Crippen MR) is 58.1 cm³/mol. The summed E-state index contributed by atoms with van der Waals surface area (Å²) >= 11 is 0. The summed E-state index contributed by atoms with van der Waals surface area (Å²) in [5, 5.41) is 0. The number of piperidine rings is 1. The molecule has 2 aliphatic heterocycles. The highest BCUT2D eigenvalue weighted by Gasteiger charge is 2.03. The maximum atomic E-state index is 2.39. The lowest BCUT2D eigenvalue weighted by molar-refractivity contribution is 0.277. The van der Waals surface area contributed by atoms with Gasteiger partial charge in [0, 0.05) is 0 Å². The van der Waals surface area contributed by atoms with Crippen LogP contribution >= 0.6 is 0 Å². The maximum Gasteiger partial charge on any atom is -0.00213 e. The Hall–Kier alpha value is -0.0800. The van der Waals surface area contributed by atoms with E-state index < -0.39 is 0 Å². The minimum Gasteiger partial charge on any atom is -0.306 e. The number of hydrogen-bond donors (Lipinski definition) is 0. The van der Waals surface area contributed by atoms with Crippen molar-refractivity contribution in [2.45, 2.75) is 32.1 Å². The molecule has 0 bridgehead atoms. The third kappa shape index (κ3) is 5.27. The van der Waals surface area contributed by atoms with Gasteiger partial charge in [0.1, 0.15) is 0 Å². The number of nitrogens with zero attached hydrogens (tertiary/aromatic N) is 2.